The third-order valence-corrected chi connectivity index (χ3v) is 3.11. The van der Waals surface area contributed by atoms with Crippen molar-refractivity contribution >= 4 is 28.7 Å². The molecule has 0 aliphatic heterocycles. The van der Waals surface area contributed by atoms with Crippen LogP contribution >= 0.6 is 0 Å². The Bertz CT molecular complexity index is 712. The van der Waals surface area contributed by atoms with E-state index in [2.05, 4.69) is 0 Å². The highest BCUT2D eigenvalue weighted by Gasteiger charge is 2.20. The summed E-state index contributed by atoms with van der Waals surface area (Å²) in [5.41, 5.74) is 0.943. The van der Waals surface area contributed by atoms with Gasteiger partial charge in [-0.05, 0) is 45.0 Å². The van der Waals surface area contributed by atoms with Gasteiger partial charge in [-0.15, -0.1) is 0 Å². The van der Waals surface area contributed by atoms with E-state index in [0.29, 0.717) is 5.69 Å². The van der Waals surface area contributed by atoms with Crippen LogP contribution in [0.2, 0.25) is 0 Å². The number of aromatic nitrogens is 1. The van der Waals surface area contributed by atoms with Gasteiger partial charge in [-0.25, -0.2) is 4.79 Å². The van der Waals surface area contributed by atoms with Crippen molar-refractivity contribution in [2.75, 3.05) is 11.9 Å². The molecule has 0 saturated carbocycles. The fourth-order valence-electron chi connectivity index (χ4n) is 2.12. The molecule has 0 radical (unpaired) electrons. The van der Waals surface area contributed by atoms with Crippen molar-refractivity contribution in [1.29, 1.82) is 0 Å². The molecule has 1 aromatic carbocycles. The molecule has 2 rings (SSSR count). The van der Waals surface area contributed by atoms with Crippen molar-refractivity contribution in [2.45, 2.75) is 32.9 Å². The standard InChI is InChI=1S/C16H20N2O4/c1-16(2,3)22-15(21)17(4)12-5-6-13-11(9-12)7-8-18(13)10-14(19)20/h5-9H,10H2,1-4H3,(H,19,20). The highest BCUT2D eigenvalue weighted by Crippen LogP contribution is 2.24. The molecular weight excluding hydrogens is 284 g/mol. The van der Waals surface area contributed by atoms with E-state index in [1.165, 1.54) is 4.90 Å². The smallest absolute Gasteiger partial charge is 0.414 e. The molecule has 6 nitrogen and oxygen atoms in total. The molecule has 0 atom stereocenters. The number of carbonyl (C=O) groups excluding carboxylic acids is 1. The van der Waals surface area contributed by atoms with E-state index in [0.717, 1.165) is 10.9 Å². The Labute approximate surface area is 128 Å². The van der Waals surface area contributed by atoms with Crippen LogP contribution in [0.3, 0.4) is 0 Å². The molecule has 118 valence electrons. The lowest BCUT2D eigenvalue weighted by Crippen LogP contribution is -2.34. The van der Waals surface area contributed by atoms with Gasteiger partial charge in [-0.2, -0.15) is 0 Å². The van der Waals surface area contributed by atoms with Gasteiger partial charge in [0.2, 0.25) is 0 Å². The second-order valence-electron chi connectivity index (χ2n) is 6.12. The lowest BCUT2D eigenvalue weighted by Gasteiger charge is -2.24. The van der Waals surface area contributed by atoms with E-state index >= 15 is 0 Å². The average Bonchev–Trinajstić information content (AvgIpc) is 2.77. The van der Waals surface area contributed by atoms with E-state index in [1.807, 2.05) is 32.9 Å². The summed E-state index contributed by atoms with van der Waals surface area (Å²) in [5.74, 6) is -0.896. The molecule has 0 fully saturated rings. The molecule has 1 N–H and O–H groups in total. The minimum atomic E-state index is -0.896. The van der Waals surface area contributed by atoms with Gasteiger partial charge in [0.25, 0.3) is 0 Å². The normalized spacial score (nSPS) is 11.5. The minimum absolute atomic E-state index is 0.0925. The highest BCUT2D eigenvalue weighted by atomic mass is 16.6. The number of fused-ring (bicyclic) bond motifs is 1. The quantitative estimate of drug-likeness (QED) is 0.945. The van der Waals surface area contributed by atoms with E-state index in [1.54, 1.807) is 29.9 Å². The monoisotopic (exact) mass is 304 g/mol. The lowest BCUT2D eigenvalue weighted by atomic mass is 10.2. The Morgan fingerprint density at radius 2 is 1.95 bits per heavy atom. The molecule has 0 aliphatic rings. The zero-order chi connectivity index (χ0) is 16.5. The van der Waals surface area contributed by atoms with E-state index < -0.39 is 17.7 Å². The number of ether oxygens (including phenoxy) is 1. The Kier molecular flexibility index (Phi) is 4.12. The summed E-state index contributed by atoms with van der Waals surface area (Å²) >= 11 is 0. The third kappa shape index (κ3) is 3.58. The maximum Gasteiger partial charge on any atom is 0.414 e. The second-order valence-corrected chi connectivity index (χ2v) is 6.12. The first kappa shape index (κ1) is 15.9. The van der Waals surface area contributed by atoms with Gasteiger partial charge >= 0.3 is 12.1 Å². The van der Waals surface area contributed by atoms with Gasteiger partial charge in [0.15, 0.2) is 0 Å². The molecule has 1 amide bonds. The molecule has 0 bridgehead atoms. The topological polar surface area (TPSA) is 71.8 Å². The maximum atomic E-state index is 12.1. The van der Waals surface area contributed by atoms with Crippen LogP contribution in [0, 0.1) is 0 Å². The summed E-state index contributed by atoms with van der Waals surface area (Å²) in [6.45, 7) is 5.35. The number of amides is 1. The summed E-state index contributed by atoms with van der Waals surface area (Å²) in [4.78, 5) is 24.3. The van der Waals surface area contributed by atoms with Gasteiger partial charge in [0, 0.05) is 29.8 Å². The zero-order valence-corrected chi connectivity index (χ0v) is 13.2. The fraction of sp³-hybridized carbons (Fsp3) is 0.375. The summed E-state index contributed by atoms with van der Waals surface area (Å²) < 4.78 is 6.98. The van der Waals surface area contributed by atoms with Crippen LogP contribution in [0.5, 0.6) is 0 Å². The number of aliphatic carboxylic acids is 1. The number of nitrogens with zero attached hydrogens (tertiary/aromatic N) is 2. The van der Waals surface area contributed by atoms with Crippen molar-refractivity contribution in [2.24, 2.45) is 0 Å². The first-order valence-corrected chi connectivity index (χ1v) is 6.95. The number of carbonyl (C=O) groups is 2. The van der Waals surface area contributed by atoms with Crippen LogP contribution in [0.25, 0.3) is 10.9 Å². The maximum absolute atomic E-state index is 12.1. The summed E-state index contributed by atoms with van der Waals surface area (Å²) in [6, 6.07) is 7.22. The summed E-state index contributed by atoms with van der Waals surface area (Å²) in [7, 11) is 1.64. The average molecular weight is 304 g/mol. The predicted molar refractivity (Wildman–Crippen MR) is 84.2 cm³/mol. The number of carboxylic acid groups (broad SMARTS) is 1. The van der Waals surface area contributed by atoms with Gasteiger partial charge in [0.1, 0.15) is 12.1 Å². The molecule has 1 heterocycles. The second kappa shape index (κ2) is 5.71. The number of benzene rings is 1. The van der Waals surface area contributed by atoms with Crippen LogP contribution in [-0.4, -0.2) is 34.4 Å². The molecule has 1 aromatic heterocycles. The first-order chi connectivity index (χ1) is 10.2. The van der Waals surface area contributed by atoms with Gasteiger partial charge < -0.3 is 14.4 Å². The lowest BCUT2D eigenvalue weighted by molar-refractivity contribution is -0.137. The Morgan fingerprint density at radius 3 is 2.55 bits per heavy atom. The van der Waals surface area contributed by atoms with E-state index in [4.69, 9.17) is 9.84 Å². The number of hydrogen-bond donors (Lipinski definition) is 1. The van der Waals surface area contributed by atoms with Crippen molar-refractivity contribution < 1.29 is 19.4 Å². The number of hydrogen-bond acceptors (Lipinski definition) is 3. The first-order valence-electron chi connectivity index (χ1n) is 6.95. The number of rotatable bonds is 3. The summed E-state index contributed by atoms with van der Waals surface area (Å²) in [5, 5.41) is 9.75. The largest absolute Gasteiger partial charge is 0.480 e. The Balaban J connectivity index is 2.26. The third-order valence-electron chi connectivity index (χ3n) is 3.11. The molecule has 0 saturated heterocycles. The van der Waals surface area contributed by atoms with Crippen molar-refractivity contribution in [3.8, 4) is 0 Å². The van der Waals surface area contributed by atoms with Gasteiger partial charge in [-0.3, -0.25) is 9.69 Å². The number of anilines is 1. The van der Waals surface area contributed by atoms with E-state index in [9.17, 15) is 9.59 Å². The van der Waals surface area contributed by atoms with Gasteiger partial charge in [-0.1, -0.05) is 0 Å². The Hall–Kier alpha value is -2.50. The molecule has 6 heteroatoms. The van der Waals surface area contributed by atoms with Crippen molar-refractivity contribution in [3.05, 3.63) is 30.5 Å². The van der Waals surface area contributed by atoms with Gasteiger partial charge in [0.05, 0.1) is 0 Å². The molecule has 0 unspecified atom stereocenters. The molecule has 0 spiro atoms. The van der Waals surface area contributed by atoms with E-state index in [-0.39, 0.29) is 6.54 Å². The van der Waals surface area contributed by atoms with Crippen molar-refractivity contribution in [1.82, 2.24) is 4.57 Å². The summed E-state index contributed by atoms with van der Waals surface area (Å²) in [6.07, 6.45) is 1.28. The Morgan fingerprint density at radius 1 is 1.27 bits per heavy atom. The molecular formula is C16H20N2O4. The van der Waals surface area contributed by atoms with Crippen LogP contribution in [0.1, 0.15) is 20.8 Å². The molecule has 0 aliphatic carbocycles. The fourth-order valence-corrected chi connectivity index (χ4v) is 2.12. The van der Waals surface area contributed by atoms with Crippen LogP contribution < -0.4 is 4.90 Å². The predicted octanol–water partition coefficient (Wildman–Crippen LogP) is 3.10. The minimum Gasteiger partial charge on any atom is -0.480 e. The SMILES string of the molecule is CN(C(=O)OC(C)(C)C)c1ccc2c(ccn2CC(=O)O)c1. The van der Waals surface area contributed by atoms with Crippen LogP contribution in [-0.2, 0) is 16.1 Å². The number of carboxylic acids is 1. The molecule has 22 heavy (non-hydrogen) atoms. The zero-order valence-electron chi connectivity index (χ0n) is 13.2. The van der Waals surface area contributed by atoms with Crippen LogP contribution in [0.15, 0.2) is 30.5 Å². The van der Waals surface area contributed by atoms with Crippen LogP contribution in [0.4, 0.5) is 10.5 Å². The molecule has 2 aromatic rings. The highest BCUT2D eigenvalue weighted by molar-refractivity contribution is 5.92. The van der Waals surface area contributed by atoms with Crippen molar-refractivity contribution in [3.63, 3.8) is 0 Å².